The van der Waals surface area contributed by atoms with Gasteiger partial charge in [0.2, 0.25) is 0 Å². The summed E-state index contributed by atoms with van der Waals surface area (Å²) in [5, 5.41) is 0. The van der Waals surface area contributed by atoms with E-state index < -0.39 is 0 Å². The molecule has 0 bridgehead atoms. The lowest BCUT2D eigenvalue weighted by atomic mass is 9.51. The second-order valence-electron chi connectivity index (χ2n) is 11.6. The second-order valence-corrected chi connectivity index (χ2v) is 11.6. The van der Waals surface area contributed by atoms with Gasteiger partial charge in [-0.2, -0.15) is 0 Å². The van der Waals surface area contributed by atoms with Crippen LogP contribution in [0.15, 0.2) is 18.2 Å². The van der Waals surface area contributed by atoms with E-state index in [9.17, 15) is 4.79 Å². The molecule has 0 aromatic heterocycles. The molecule has 1 aromatic rings. The number of unbranched alkanes of at least 4 members (excludes halogenated alkanes) is 2. The van der Waals surface area contributed by atoms with E-state index in [1.807, 2.05) is 0 Å². The summed E-state index contributed by atoms with van der Waals surface area (Å²) in [5.74, 6) is 3.56. The Labute approximate surface area is 213 Å². The maximum absolute atomic E-state index is 11.3. The predicted octanol–water partition coefficient (Wildman–Crippen LogP) is 7.48. The minimum Gasteiger partial charge on any atom is -0.494 e. The van der Waals surface area contributed by atoms with Crippen molar-refractivity contribution >= 4 is 5.97 Å². The highest BCUT2D eigenvalue weighted by molar-refractivity contribution is 5.65. The first-order valence-corrected chi connectivity index (χ1v) is 14.5. The van der Waals surface area contributed by atoms with E-state index in [0.717, 1.165) is 69.3 Å². The monoisotopic (exact) mass is 484 g/mol. The highest BCUT2D eigenvalue weighted by atomic mass is 16.5. The predicted molar refractivity (Wildman–Crippen MR) is 141 cm³/mol. The number of rotatable bonds is 12. The Kier molecular flexibility index (Phi) is 9.18. The smallest absolute Gasteiger partial charge is 0.302 e. The fourth-order valence-corrected chi connectivity index (χ4v) is 7.73. The molecule has 0 radical (unpaired) electrons. The SMILES string of the molecule is CCCCOc1ccc2c(c1)CCC1C2[C@@H](CCCOC(C)=O)CC2(C)C(OCCCC)CCC12. The van der Waals surface area contributed by atoms with Gasteiger partial charge in [0.15, 0.2) is 0 Å². The Morgan fingerprint density at radius 3 is 2.60 bits per heavy atom. The van der Waals surface area contributed by atoms with Crippen molar-refractivity contribution in [3.63, 3.8) is 0 Å². The molecule has 5 unspecified atom stereocenters. The van der Waals surface area contributed by atoms with Crippen LogP contribution in [-0.4, -0.2) is 31.9 Å². The van der Waals surface area contributed by atoms with Gasteiger partial charge < -0.3 is 14.2 Å². The van der Waals surface area contributed by atoms with Crippen molar-refractivity contribution in [2.24, 2.45) is 23.2 Å². The fourth-order valence-electron chi connectivity index (χ4n) is 7.73. The van der Waals surface area contributed by atoms with Crippen molar-refractivity contribution in [2.45, 2.75) is 110 Å². The van der Waals surface area contributed by atoms with Crippen LogP contribution in [0.2, 0.25) is 0 Å². The highest BCUT2D eigenvalue weighted by Crippen LogP contribution is 2.64. The fraction of sp³-hybridized carbons (Fsp3) is 0.774. The van der Waals surface area contributed by atoms with Gasteiger partial charge in [-0.3, -0.25) is 4.79 Å². The quantitative estimate of drug-likeness (QED) is 0.228. The molecule has 2 fully saturated rings. The number of carbonyl (C=O) groups excluding carboxylic acids is 1. The van der Waals surface area contributed by atoms with Crippen LogP contribution in [0, 0.1) is 23.2 Å². The molecule has 1 aromatic carbocycles. The summed E-state index contributed by atoms with van der Waals surface area (Å²) in [7, 11) is 0. The number of esters is 1. The molecular formula is C31H48O4. The summed E-state index contributed by atoms with van der Waals surface area (Å²) in [6.45, 7) is 10.7. The Morgan fingerprint density at radius 2 is 1.83 bits per heavy atom. The number of benzene rings is 1. The largest absolute Gasteiger partial charge is 0.494 e. The average Bonchev–Trinajstić information content (AvgIpc) is 3.17. The number of carbonyl (C=O) groups is 1. The molecule has 0 heterocycles. The van der Waals surface area contributed by atoms with Gasteiger partial charge in [-0.15, -0.1) is 0 Å². The lowest BCUT2D eigenvalue weighted by Crippen LogP contribution is -2.48. The molecule has 4 rings (SSSR count). The first-order chi connectivity index (χ1) is 17.0. The number of fused-ring (bicyclic) bond motifs is 5. The molecule has 0 amide bonds. The third-order valence-corrected chi connectivity index (χ3v) is 9.34. The first-order valence-electron chi connectivity index (χ1n) is 14.5. The van der Waals surface area contributed by atoms with Gasteiger partial charge in [0.1, 0.15) is 5.75 Å². The third-order valence-electron chi connectivity index (χ3n) is 9.34. The van der Waals surface area contributed by atoms with Crippen LogP contribution in [0.3, 0.4) is 0 Å². The lowest BCUT2D eigenvalue weighted by molar-refractivity contribution is -0.141. The van der Waals surface area contributed by atoms with Crippen LogP contribution in [0.4, 0.5) is 0 Å². The summed E-state index contributed by atoms with van der Waals surface area (Å²) in [4.78, 5) is 11.3. The van der Waals surface area contributed by atoms with Gasteiger partial charge in [0, 0.05) is 13.5 Å². The van der Waals surface area contributed by atoms with E-state index in [0.29, 0.717) is 24.5 Å². The van der Waals surface area contributed by atoms with Crippen LogP contribution >= 0.6 is 0 Å². The average molecular weight is 485 g/mol. The standard InChI is InChI=1S/C31H48O4/c1-5-7-17-34-25-12-14-26-23(20-25)11-13-27-28-15-16-29(35-18-8-6-2)31(28,4)21-24(30(26)27)10-9-19-33-22(3)32/h12,14,20,24,27-30H,5-11,13,15-19,21H2,1-4H3/t24-,27?,28?,29?,30?,31?/m0/s1. The topological polar surface area (TPSA) is 44.8 Å². The Balaban J connectivity index is 1.56. The maximum atomic E-state index is 11.3. The van der Waals surface area contributed by atoms with Crippen LogP contribution < -0.4 is 4.74 Å². The number of aryl methyl sites for hydroxylation is 1. The molecule has 2 saturated carbocycles. The first kappa shape index (κ1) is 26.5. The van der Waals surface area contributed by atoms with Crippen LogP contribution in [0.25, 0.3) is 0 Å². The van der Waals surface area contributed by atoms with Crippen molar-refractivity contribution in [3.8, 4) is 5.75 Å². The molecule has 0 saturated heterocycles. The van der Waals surface area contributed by atoms with Crippen molar-refractivity contribution in [1.82, 2.24) is 0 Å². The normalized spacial score (nSPS) is 31.4. The molecule has 35 heavy (non-hydrogen) atoms. The van der Waals surface area contributed by atoms with Gasteiger partial charge in [-0.05, 0) is 110 Å². The van der Waals surface area contributed by atoms with E-state index in [1.54, 1.807) is 5.56 Å². The molecule has 0 spiro atoms. The van der Waals surface area contributed by atoms with E-state index in [4.69, 9.17) is 14.2 Å². The molecule has 4 nitrogen and oxygen atoms in total. The van der Waals surface area contributed by atoms with Crippen LogP contribution in [0.1, 0.15) is 109 Å². The van der Waals surface area contributed by atoms with Crippen molar-refractivity contribution in [3.05, 3.63) is 29.3 Å². The van der Waals surface area contributed by atoms with Crippen LogP contribution in [-0.2, 0) is 20.7 Å². The summed E-state index contributed by atoms with van der Waals surface area (Å²) < 4.78 is 17.9. The number of ether oxygens (including phenoxy) is 3. The molecule has 3 aliphatic carbocycles. The zero-order valence-electron chi connectivity index (χ0n) is 22.7. The van der Waals surface area contributed by atoms with Gasteiger partial charge in [-0.1, -0.05) is 39.7 Å². The summed E-state index contributed by atoms with van der Waals surface area (Å²) in [5.41, 5.74) is 3.34. The summed E-state index contributed by atoms with van der Waals surface area (Å²) in [6, 6.07) is 6.93. The van der Waals surface area contributed by atoms with E-state index >= 15 is 0 Å². The molecule has 196 valence electrons. The van der Waals surface area contributed by atoms with Crippen molar-refractivity contribution in [2.75, 3.05) is 19.8 Å². The second kappa shape index (κ2) is 12.1. The zero-order valence-corrected chi connectivity index (χ0v) is 22.7. The Bertz CT molecular complexity index is 835. The lowest BCUT2D eigenvalue weighted by Gasteiger charge is -2.54. The van der Waals surface area contributed by atoms with Crippen molar-refractivity contribution in [1.29, 1.82) is 0 Å². The molecule has 0 N–H and O–H groups in total. The van der Waals surface area contributed by atoms with Gasteiger partial charge in [0.05, 0.1) is 19.3 Å². The summed E-state index contributed by atoms with van der Waals surface area (Å²) >= 11 is 0. The van der Waals surface area contributed by atoms with Crippen molar-refractivity contribution < 1.29 is 19.0 Å². The van der Waals surface area contributed by atoms with E-state index in [-0.39, 0.29) is 11.4 Å². The molecule has 6 atom stereocenters. The molecular weight excluding hydrogens is 436 g/mol. The van der Waals surface area contributed by atoms with Crippen LogP contribution in [0.5, 0.6) is 5.75 Å². The maximum Gasteiger partial charge on any atom is 0.302 e. The minimum atomic E-state index is -0.169. The molecule has 0 aliphatic heterocycles. The Hall–Kier alpha value is -1.55. The van der Waals surface area contributed by atoms with Gasteiger partial charge in [0.25, 0.3) is 0 Å². The van der Waals surface area contributed by atoms with E-state index in [1.165, 1.54) is 44.6 Å². The zero-order chi connectivity index (χ0) is 24.8. The third kappa shape index (κ3) is 5.89. The van der Waals surface area contributed by atoms with E-state index in [2.05, 4.69) is 39.0 Å². The number of hydrogen-bond donors (Lipinski definition) is 0. The Morgan fingerprint density at radius 1 is 1.03 bits per heavy atom. The molecule has 4 heteroatoms. The highest BCUT2D eigenvalue weighted by Gasteiger charge is 2.58. The minimum absolute atomic E-state index is 0.169. The van der Waals surface area contributed by atoms with Gasteiger partial charge in [-0.25, -0.2) is 0 Å². The number of hydrogen-bond acceptors (Lipinski definition) is 4. The summed E-state index contributed by atoms with van der Waals surface area (Å²) in [6.07, 6.45) is 13.3. The molecule has 3 aliphatic rings. The van der Waals surface area contributed by atoms with Gasteiger partial charge >= 0.3 is 5.97 Å².